The van der Waals surface area contributed by atoms with E-state index in [0.29, 0.717) is 0 Å². The first-order valence-corrected chi connectivity index (χ1v) is 3.06. The Hall–Kier alpha value is -0.0800. The second kappa shape index (κ2) is 3.05. The van der Waals surface area contributed by atoms with Crippen molar-refractivity contribution >= 4 is 0 Å². The van der Waals surface area contributed by atoms with Crippen LogP contribution in [-0.2, 0) is 0 Å². The Kier molecular flexibility index (Phi) is 3.02. The first kappa shape index (κ1) is 7.92. The normalized spacial score (nSPS) is 12.0. The summed E-state index contributed by atoms with van der Waals surface area (Å²) in [4.78, 5) is 0. The molecule has 0 saturated heterocycles. The molecule has 0 aromatic rings. The molecule has 0 aliphatic carbocycles. The van der Waals surface area contributed by atoms with Crippen molar-refractivity contribution < 1.29 is 0 Å². The standard InChI is InChI=1S/C6H15N2/c1-4-5-8-6(2,3)7/h7-8H,4-5H2,1-3H3. The fraction of sp³-hybridized carbons (Fsp3) is 1.00. The summed E-state index contributed by atoms with van der Waals surface area (Å²) in [5, 5.41) is 3.04. The first-order valence-electron chi connectivity index (χ1n) is 3.06. The zero-order valence-corrected chi connectivity index (χ0v) is 5.91. The minimum Gasteiger partial charge on any atom is -0.299 e. The SMILES string of the molecule is CCCNC(C)(C)[NH]. The monoisotopic (exact) mass is 115 g/mol. The first-order chi connectivity index (χ1) is 3.56. The van der Waals surface area contributed by atoms with Gasteiger partial charge < -0.3 is 0 Å². The zero-order chi connectivity index (χ0) is 6.62. The van der Waals surface area contributed by atoms with Gasteiger partial charge in [0.2, 0.25) is 0 Å². The van der Waals surface area contributed by atoms with Crippen molar-refractivity contribution in [1.82, 2.24) is 11.1 Å². The number of rotatable bonds is 3. The summed E-state index contributed by atoms with van der Waals surface area (Å²) in [6.07, 6.45) is 1.10. The van der Waals surface area contributed by atoms with Crippen LogP contribution in [0.5, 0.6) is 0 Å². The lowest BCUT2D eigenvalue weighted by molar-refractivity contribution is 0.390. The van der Waals surface area contributed by atoms with Crippen molar-refractivity contribution in [2.45, 2.75) is 32.9 Å². The third-order valence-electron chi connectivity index (χ3n) is 0.817. The van der Waals surface area contributed by atoms with E-state index in [9.17, 15) is 0 Å². The van der Waals surface area contributed by atoms with Crippen LogP contribution in [0.25, 0.3) is 0 Å². The minimum absolute atomic E-state index is 0.448. The maximum atomic E-state index is 7.32. The summed E-state index contributed by atoms with van der Waals surface area (Å²) in [6.45, 7) is 6.74. The highest BCUT2D eigenvalue weighted by Crippen LogP contribution is 1.91. The van der Waals surface area contributed by atoms with Gasteiger partial charge in [-0.3, -0.25) is 5.32 Å². The minimum atomic E-state index is -0.448. The predicted octanol–water partition coefficient (Wildman–Crippen LogP) is 1.00. The Bertz CT molecular complexity index is 54.0. The molecule has 0 rings (SSSR count). The Balaban J connectivity index is 3.11. The molecule has 0 bridgehead atoms. The third-order valence-corrected chi connectivity index (χ3v) is 0.817. The summed E-state index contributed by atoms with van der Waals surface area (Å²) in [6, 6.07) is 0. The van der Waals surface area contributed by atoms with Crippen LogP contribution in [-0.4, -0.2) is 12.2 Å². The molecule has 0 saturated carbocycles. The molecule has 8 heavy (non-hydrogen) atoms. The third kappa shape index (κ3) is 5.92. The lowest BCUT2D eigenvalue weighted by Gasteiger charge is -2.18. The van der Waals surface area contributed by atoms with E-state index >= 15 is 0 Å². The molecule has 0 fully saturated rings. The molecule has 2 N–H and O–H groups in total. The maximum absolute atomic E-state index is 7.32. The molecule has 1 radical (unpaired) electrons. The fourth-order valence-electron chi connectivity index (χ4n) is 0.437. The van der Waals surface area contributed by atoms with Crippen molar-refractivity contribution in [1.29, 1.82) is 0 Å². The van der Waals surface area contributed by atoms with E-state index in [-0.39, 0.29) is 0 Å². The second-order valence-electron chi connectivity index (χ2n) is 2.55. The van der Waals surface area contributed by atoms with E-state index in [1.807, 2.05) is 13.8 Å². The van der Waals surface area contributed by atoms with Crippen molar-refractivity contribution in [2.75, 3.05) is 6.54 Å². The topological polar surface area (TPSA) is 35.8 Å². The highest BCUT2D eigenvalue weighted by atomic mass is 15.1. The number of nitrogens with one attached hydrogen (secondary N) is 2. The van der Waals surface area contributed by atoms with Crippen LogP contribution in [0.3, 0.4) is 0 Å². The molecule has 0 spiro atoms. The van der Waals surface area contributed by atoms with Crippen molar-refractivity contribution in [3.05, 3.63) is 0 Å². The molecule has 0 atom stereocenters. The van der Waals surface area contributed by atoms with E-state index in [1.54, 1.807) is 0 Å². The van der Waals surface area contributed by atoms with Gasteiger partial charge in [-0.15, -0.1) is 0 Å². The van der Waals surface area contributed by atoms with Crippen LogP contribution < -0.4 is 11.1 Å². The summed E-state index contributed by atoms with van der Waals surface area (Å²) in [5.74, 6) is 0. The predicted molar refractivity (Wildman–Crippen MR) is 35.5 cm³/mol. The van der Waals surface area contributed by atoms with Gasteiger partial charge in [-0.2, -0.15) is 0 Å². The van der Waals surface area contributed by atoms with Crippen LogP contribution in [0.15, 0.2) is 0 Å². The summed E-state index contributed by atoms with van der Waals surface area (Å²) >= 11 is 0. The van der Waals surface area contributed by atoms with Gasteiger partial charge in [0, 0.05) is 0 Å². The number of hydrogen-bond donors (Lipinski definition) is 1. The lowest BCUT2D eigenvalue weighted by Crippen LogP contribution is -2.40. The molecule has 0 aliphatic heterocycles. The molecule has 2 heteroatoms. The van der Waals surface area contributed by atoms with E-state index in [0.717, 1.165) is 13.0 Å². The van der Waals surface area contributed by atoms with Gasteiger partial charge in [0.1, 0.15) is 0 Å². The molecule has 0 aromatic carbocycles. The smallest absolute Gasteiger partial charge is 0.0760 e. The van der Waals surface area contributed by atoms with E-state index < -0.39 is 5.66 Å². The highest BCUT2D eigenvalue weighted by molar-refractivity contribution is 4.65. The lowest BCUT2D eigenvalue weighted by atomic mass is 10.2. The van der Waals surface area contributed by atoms with Gasteiger partial charge in [-0.1, -0.05) is 6.92 Å². The summed E-state index contributed by atoms with van der Waals surface area (Å²) < 4.78 is 0. The van der Waals surface area contributed by atoms with E-state index in [1.165, 1.54) is 0 Å². The van der Waals surface area contributed by atoms with Crippen LogP contribution in [0, 0.1) is 0 Å². The van der Waals surface area contributed by atoms with Crippen molar-refractivity contribution in [3.63, 3.8) is 0 Å². The van der Waals surface area contributed by atoms with Crippen molar-refractivity contribution in [3.8, 4) is 0 Å². The van der Waals surface area contributed by atoms with Gasteiger partial charge in [0.05, 0.1) is 5.66 Å². The van der Waals surface area contributed by atoms with Gasteiger partial charge in [-0.25, -0.2) is 5.73 Å². The molecule has 0 aliphatic rings. The molecule has 0 unspecified atom stereocenters. The molecular weight excluding hydrogens is 100 g/mol. The molecule has 2 nitrogen and oxygen atoms in total. The Morgan fingerprint density at radius 3 is 2.12 bits per heavy atom. The molecule has 49 valence electrons. The zero-order valence-electron chi connectivity index (χ0n) is 5.91. The number of hydrogen-bond acceptors (Lipinski definition) is 1. The van der Waals surface area contributed by atoms with Crippen LogP contribution in [0.4, 0.5) is 0 Å². The highest BCUT2D eigenvalue weighted by Gasteiger charge is 2.07. The van der Waals surface area contributed by atoms with Crippen molar-refractivity contribution in [2.24, 2.45) is 0 Å². The average Bonchev–Trinajstić information content (AvgIpc) is 1.59. The summed E-state index contributed by atoms with van der Waals surface area (Å²) in [7, 11) is 0. The van der Waals surface area contributed by atoms with Gasteiger partial charge in [0.15, 0.2) is 0 Å². The van der Waals surface area contributed by atoms with Crippen LogP contribution in [0.2, 0.25) is 0 Å². The van der Waals surface area contributed by atoms with Gasteiger partial charge in [-0.05, 0) is 26.8 Å². The van der Waals surface area contributed by atoms with E-state index in [2.05, 4.69) is 12.2 Å². The summed E-state index contributed by atoms with van der Waals surface area (Å²) in [5.41, 5.74) is 6.88. The molecule has 0 amide bonds. The van der Waals surface area contributed by atoms with E-state index in [4.69, 9.17) is 5.73 Å². The largest absolute Gasteiger partial charge is 0.299 e. The Morgan fingerprint density at radius 1 is 1.50 bits per heavy atom. The Morgan fingerprint density at radius 2 is 2.00 bits per heavy atom. The average molecular weight is 115 g/mol. The molecular formula is C6H15N2. The van der Waals surface area contributed by atoms with Gasteiger partial charge >= 0.3 is 0 Å². The van der Waals surface area contributed by atoms with Crippen LogP contribution >= 0.6 is 0 Å². The molecule has 0 aromatic heterocycles. The van der Waals surface area contributed by atoms with Crippen LogP contribution in [0.1, 0.15) is 27.2 Å². The fourth-order valence-corrected chi connectivity index (χ4v) is 0.437. The Labute approximate surface area is 51.5 Å². The second-order valence-corrected chi connectivity index (χ2v) is 2.55. The maximum Gasteiger partial charge on any atom is 0.0760 e. The molecule has 0 heterocycles. The quantitative estimate of drug-likeness (QED) is 0.585. The van der Waals surface area contributed by atoms with Gasteiger partial charge in [0.25, 0.3) is 0 Å².